The van der Waals surface area contributed by atoms with E-state index in [4.69, 9.17) is 0 Å². The Kier molecular flexibility index (Phi) is 4.14. The van der Waals surface area contributed by atoms with Crippen molar-refractivity contribution < 1.29 is 9.59 Å². The number of amides is 2. The molecule has 0 radical (unpaired) electrons. The fourth-order valence-corrected chi connectivity index (χ4v) is 2.74. The lowest BCUT2D eigenvalue weighted by Crippen LogP contribution is -2.55. The molecule has 120 valence electrons. The minimum atomic E-state index is -0.117. The molecule has 3 rings (SSSR count). The van der Waals surface area contributed by atoms with Gasteiger partial charge in [-0.25, -0.2) is 4.98 Å². The average Bonchev–Trinajstić information content (AvgIpc) is 2.90. The smallest absolute Gasteiger partial charge is 0.246 e. The Morgan fingerprint density at radius 2 is 2.26 bits per heavy atom. The van der Waals surface area contributed by atoms with Gasteiger partial charge in [-0.3, -0.25) is 9.59 Å². The standard InChI is InChI=1S/C17H20N4O2/c1-3-15(22)21-9-13(10-21)17(23)18-7-6-14-11-20-8-4-5-12(2)16(20)19-14/h3-5,8,11,13H,1,6-7,9-10H2,2H3,(H,18,23). The lowest BCUT2D eigenvalue weighted by atomic mass is 9.99. The number of hydrogen-bond donors (Lipinski definition) is 1. The number of imidazole rings is 1. The summed E-state index contributed by atoms with van der Waals surface area (Å²) < 4.78 is 2.00. The Morgan fingerprint density at radius 3 is 2.96 bits per heavy atom. The molecule has 1 fully saturated rings. The van der Waals surface area contributed by atoms with Gasteiger partial charge in [0.15, 0.2) is 0 Å². The molecule has 1 saturated heterocycles. The molecule has 0 atom stereocenters. The molecular formula is C17H20N4O2. The number of carbonyl (C=O) groups is 2. The molecule has 2 aromatic rings. The van der Waals surface area contributed by atoms with Crippen LogP contribution in [0.5, 0.6) is 0 Å². The number of aryl methyl sites for hydroxylation is 1. The number of hydrogen-bond acceptors (Lipinski definition) is 3. The van der Waals surface area contributed by atoms with Gasteiger partial charge >= 0.3 is 0 Å². The van der Waals surface area contributed by atoms with E-state index in [0.29, 0.717) is 26.1 Å². The maximum Gasteiger partial charge on any atom is 0.246 e. The van der Waals surface area contributed by atoms with Crippen LogP contribution < -0.4 is 5.32 Å². The Bertz CT molecular complexity index is 759. The molecule has 0 aromatic carbocycles. The van der Waals surface area contributed by atoms with Crippen LogP contribution in [0, 0.1) is 12.8 Å². The first-order valence-electron chi connectivity index (χ1n) is 7.70. The van der Waals surface area contributed by atoms with Crippen LogP contribution in [0.1, 0.15) is 11.3 Å². The SMILES string of the molecule is C=CC(=O)N1CC(C(=O)NCCc2cn3cccc(C)c3n2)C1. The van der Waals surface area contributed by atoms with Gasteiger partial charge in [0.2, 0.25) is 11.8 Å². The molecular weight excluding hydrogens is 292 g/mol. The summed E-state index contributed by atoms with van der Waals surface area (Å²) in [7, 11) is 0. The van der Waals surface area contributed by atoms with Gasteiger partial charge in [0.05, 0.1) is 11.6 Å². The summed E-state index contributed by atoms with van der Waals surface area (Å²) in [6, 6.07) is 4.02. The zero-order chi connectivity index (χ0) is 16.4. The second-order valence-electron chi connectivity index (χ2n) is 5.84. The van der Waals surface area contributed by atoms with E-state index < -0.39 is 0 Å². The van der Waals surface area contributed by atoms with E-state index in [2.05, 4.69) is 16.9 Å². The zero-order valence-electron chi connectivity index (χ0n) is 13.2. The van der Waals surface area contributed by atoms with Crippen molar-refractivity contribution in [2.24, 2.45) is 5.92 Å². The van der Waals surface area contributed by atoms with Gasteiger partial charge in [-0.2, -0.15) is 0 Å². The first-order chi connectivity index (χ1) is 11.1. The molecule has 0 spiro atoms. The van der Waals surface area contributed by atoms with Gasteiger partial charge in [0.1, 0.15) is 5.65 Å². The van der Waals surface area contributed by atoms with Crippen molar-refractivity contribution >= 4 is 17.5 Å². The molecule has 0 bridgehead atoms. The van der Waals surface area contributed by atoms with Gasteiger partial charge in [0.25, 0.3) is 0 Å². The van der Waals surface area contributed by atoms with Crippen LogP contribution in [0.25, 0.3) is 5.65 Å². The van der Waals surface area contributed by atoms with Crippen LogP contribution in [0.2, 0.25) is 0 Å². The molecule has 0 unspecified atom stereocenters. The van der Waals surface area contributed by atoms with Crippen molar-refractivity contribution in [1.29, 1.82) is 0 Å². The number of rotatable bonds is 5. The third-order valence-corrected chi connectivity index (χ3v) is 4.15. The van der Waals surface area contributed by atoms with Crippen LogP contribution in [0.15, 0.2) is 37.2 Å². The maximum atomic E-state index is 12.0. The molecule has 3 heterocycles. The minimum Gasteiger partial charge on any atom is -0.355 e. The second-order valence-corrected chi connectivity index (χ2v) is 5.84. The van der Waals surface area contributed by atoms with E-state index in [1.54, 1.807) is 4.90 Å². The van der Waals surface area contributed by atoms with Crippen LogP contribution in [0.3, 0.4) is 0 Å². The Morgan fingerprint density at radius 1 is 1.48 bits per heavy atom. The largest absolute Gasteiger partial charge is 0.355 e. The molecule has 6 heteroatoms. The molecule has 2 aromatic heterocycles. The monoisotopic (exact) mass is 312 g/mol. The van der Waals surface area contributed by atoms with Crippen LogP contribution >= 0.6 is 0 Å². The van der Waals surface area contributed by atoms with Crippen molar-refractivity contribution in [2.45, 2.75) is 13.3 Å². The van der Waals surface area contributed by atoms with Crippen molar-refractivity contribution in [3.05, 3.63) is 48.4 Å². The quantitative estimate of drug-likeness (QED) is 0.836. The van der Waals surface area contributed by atoms with Crippen molar-refractivity contribution in [3.8, 4) is 0 Å². The van der Waals surface area contributed by atoms with Crippen molar-refractivity contribution in [2.75, 3.05) is 19.6 Å². The highest BCUT2D eigenvalue weighted by molar-refractivity contribution is 5.90. The number of likely N-dealkylation sites (tertiary alicyclic amines) is 1. The lowest BCUT2D eigenvalue weighted by Gasteiger charge is -2.37. The predicted octanol–water partition coefficient (Wildman–Crippen LogP) is 0.946. The van der Waals surface area contributed by atoms with Crippen LogP contribution in [-0.2, 0) is 16.0 Å². The molecule has 1 N–H and O–H groups in total. The summed E-state index contributed by atoms with van der Waals surface area (Å²) in [5.41, 5.74) is 3.03. The third-order valence-electron chi connectivity index (χ3n) is 4.15. The summed E-state index contributed by atoms with van der Waals surface area (Å²) in [6.45, 7) is 6.97. The van der Waals surface area contributed by atoms with Gasteiger partial charge in [-0.05, 0) is 24.6 Å². The van der Waals surface area contributed by atoms with Crippen LogP contribution in [-0.4, -0.2) is 45.7 Å². The fraction of sp³-hybridized carbons (Fsp3) is 0.353. The highest BCUT2D eigenvalue weighted by atomic mass is 16.2. The summed E-state index contributed by atoms with van der Waals surface area (Å²) in [5.74, 6) is -0.227. The summed E-state index contributed by atoms with van der Waals surface area (Å²) in [5, 5.41) is 2.92. The van der Waals surface area contributed by atoms with Gasteiger partial charge in [-0.15, -0.1) is 0 Å². The number of aromatic nitrogens is 2. The van der Waals surface area contributed by atoms with E-state index in [-0.39, 0.29) is 17.7 Å². The second kappa shape index (κ2) is 6.24. The van der Waals surface area contributed by atoms with Gasteiger partial charge in [0, 0.05) is 38.4 Å². The number of fused-ring (bicyclic) bond motifs is 1. The molecule has 1 aliphatic rings. The third kappa shape index (κ3) is 3.11. The highest BCUT2D eigenvalue weighted by Crippen LogP contribution is 2.16. The normalized spacial score (nSPS) is 14.6. The van der Waals surface area contributed by atoms with E-state index >= 15 is 0 Å². The van der Waals surface area contributed by atoms with E-state index in [0.717, 1.165) is 16.9 Å². The minimum absolute atomic E-state index is 0.00180. The number of pyridine rings is 1. The first kappa shape index (κ1) is 15.3. The van der Waals surface area contributed by atoms with Crippen molar-refractivity contribution in [3.63, 3.8) is 0 Å². The molecule has 2 amide bonds. The van der Waals surface area contributed by atoms with Crippen LogP contribution in [0.4, 0.5) is 0 Å². The van der Waals surface area contributed by atoms with E-state index in [9.17, 15) is 9.59 Å². The number of nitrogens with zero attached hydrogens (tertiary/aromatic N) is 3. The molecule has 0 saturated carbocycles. The molecule has 6 nitrogen and oxygen atoms in total. The first-order valence-corrected chi connectivity index (χ1v) is 7.70. The molecule has 23 heavy (non-hydrogen) atoms. The summed E-state index contributed by atoms with van der Waals surface area (Å²) in [6.07, 6.45) is 5.92. The zero-order valence-corrected chi connectivity index (χ0v) is 13.2. The fourth-order valence-electron chi connectivity index (χ4n) is 2.74. The molecule has 0 aliphatic carbocycles. The molecule has 1 aliphatic heterocycles. The van der Waals surface area contributed by atoms with Crippen molar-refractivity contribution in [1.82, 2.24) is 19.6 Å². The Labute approximate surface area is 134 Å². The topological polar surface area (TPSA) is 66.7 Å². The predicted molar refractivity (Wildman–Crippen MR) is 86.9 cm³/mol. The summed E-state index contributed by atoms with van der Waals surface area (Å²) >= 11 is 0. The van der Waals surface area contributed by atoms with Gasteiger partial charge in [-0.1, -0.05) is 12.6 Å². The van der Waals surface area contributed by atoms with E-state index in [1.807, 2.05) is 35.9 Å². The summed E-state index contributed by atoms with van der Waals surface area (Å²) in [4.78, 5) is 29.5. The Hall–Kier alpha value is -2.63. The number of carbonyl (C=O) groups excluding carboxylic acids is 2. The van der Waals surface area contributed by atoms with E-state index in [1.165, 1.54) is 6.08 Å². The average molecular weight is 312 g/mol. The lowest BCUT2D eigenvalue weighted by molar-refractivity contribution is -0.139. The highest BCUT2D eigenvalue weighted by Gasteiger charge is 2.34. The number of nitrogens with one attached hydrogen (secondary N) is 1. The van der Waals surface area contributed by atoms with Gasteiger partial charge < -0.3 is 14.6 Å². The Balaban J connectivity index is 1.47. The maximum absolute atomic E-state index is 12.0.